The topological polar surface area (TPSA) is 40.5 Å². The highest BCUT2D eigenvalue weighted by atomic mass is 35.5. The molecular formula is C32H32ClF2NO2. The maximum Gasteiger partial charge on any atom is 0.335 e. The molecule has 0 amide bonds. The number of benzene rings is 3. The highest BCUT2D eigenvalue weighted by Gasteiger charge is 2.34. The number of hydrogen-bond acceptors (Lipinski definition) is 2. The predicted molar refractivity (Wildman–Crippen MR) is 149 cm³/mol. The highest BCUT2D eigenvalue weighted by molar-refractivity contribution is 6.32. The summed E-state index contributed by atoms with van der Waals surface area (Å²) in [6, 6.07) is 19.1. The van der Waals surface area contributed by atoms with Crippen molar-refractivity contribution in [2.45, 2.75) is 38.8 Å². The van der Waals surface area contributed by atoms with Gasteiger partial charge < -0.3 is 10.0 Å². The zero-order valence-electron chi connectivity index (χ0n) is 21.5. The van der Waals surface area contributed by atoms with Gasteiger partial charge in [-0.05, 0) is 95.3 Å². The molecule has 2 aliphatic rings. The molecule has 6 heteroatoms. The van der Waals surface area contributed by atoms with Gasteiger partial charge in [0, 0.05) is 30.6 Å². The molecule has 5 rings (SSSR count). The van der Waals surface area contributed by atoms with E-state index in [4.69, 9.17) is 11.6 Å². The van der Waals surface area contributed by atoms with Crippen LogP contribution in [-0.2, 0) is 6.42 Å². The van der Waals surface area contributed by atoms with E-state index < -0.39 is 12.1 Å². The summed E-state index contributed by atoms with van der Waals surface area (Å²) in [5, 5.41) is 10.2. The second-order valence-corrected chi connectivity index (χ2v) is 10.9. The Bertz CT molecular complexity index is 1360. The van der Waals surface area contributed by atoms with E-state index in [1.807, 2.05) is 43.3 Å². The van der Waals surface area contributed by atoms with E-state index in [1.54, 1.807) is 12.1 Å². The summed E-state index contributed by atoms with van der Waals surface area (Å²) in [6.07, 6.45) is 1.85. The molecule has 0 spiro atoms. The van der Waals surface area contributed by atoms with Crippen LogP contribution < -0.4 is 0 Å². The molecule has 1 N–H and O–H groups in total. The second-order valence-electron chi connectivity index (χ2n) is 10.5. The van der Waals surface area contributed by atoms with Crippen LogP contribution in [0.2, 0.25) is 5.02 Å². The number of aryl methyl sites for hydroxylation is 2. The monoisotopic (exact) mass is 535 g/mol. The normalized spacial score (nSPS) is 17.1. The Labute approximate surface area is 227 Å². The van der Waals surface area contributed by atoms with Gasteiger partial charge >= 0.3 is 5.97 Å². The summed E-state index contributed by atoms with van der Waals surface area (Å²) < 4.78 is 27.8. The smallest absolute Gasteiger partial charge is 0.335 e. The van der Waals surface area contributed by atoms with E-state index in [2.05, 4.69) is 17.0 Å². The molecule has 1 heterocycles. The predicted octanol–water partition coefficient (Wildman–Crippen LogP) is 7.94. The summed E-state index contributed by atoms with van der Waals surface area (Å²) in [4.78, 5) is 13.8. The van der Waals surface area contributed by atoms with E-state index >= 15 is 4.39 Å². The van der Waals surface area contributed by atoms with E-state index in [9.17, 15) is 14.3 Å². The van der Waals surface area contributed by atoms with Crippen molar-refractivity contribution in [2.75, 3.05) is 26.3 Å². The number of carboxylic acid groups (broad SMARTS) is 1. The average molecular weight is 536 g/mol. The summed E-state index contributed by atoms with van der Waals surface area (Å²) >= 11 is 6.74. The molecule has 1 aliphatic heterocycles. The van der Waals surface area contributed by atoms with Crippen LogP contribution in [0, 0.1) is 12.8 Å². The maximum absolute atomic E-state index is 15.3. The van der Waals surface area contributed by atoms with Gasteiger partial charge in [0.1, 0.15) is 6.17 Å². The van der Waals surface area contributed by atoms with Crippen molar-refractivity contribution in [3.05, 3.63) is 105 Å². The summed E-state index contributed by atoms with van der Waals surface area (Å²) in [7, 11) is 0. The van der Waals surface area contributed by atoms with Crippen LogP contribution in [0.15, 0.2) is 60.7 Å². The van der Waals surface area contributed by atoms with Gasteiger partial charge in [0.25, 0.3) is 0 Å². The fourth-order valence-electron chi connectivity index (χ4n) is 5.75. The van der Waals surface area contributed by atoms with Crippen LogP contribution in [0.1, 0.15) is 69.2 Å². The van der Waals surface area contributed by atoms with Crippen LogP contribution in [0.4, 0.5) is 8.78 Å². The highest BCUT2D eigenvalue weighted by Crippen LogP contribution is 2.43. The number of halogens is 3. The molecule has 3 nitrogen and oxygen atoms in total. The van der Waals surface area contributed by atoms with Gasteiger partial charge in [-0.3, -0.25) is 4.39 Å². The van der Waals surface area contributed by atoms with Crippen molar-refractivity contribution >= 4 is 28.7 Å². The Morgan fingerprint density at radius 1 is 1.05 bits per heavy atom. The first kappa shape index (κ1) is 26.6. The number of nitrogens with zero attached hydrogens (tertiary/aromatic N) is 1. The van der Waals surface area contributed by atoms with Crippen molar-refractivity contribution in [2.24, 2.45) is 5.92 Å². The lowest BCUT2D eigenvalue weighted by Crippen LogP contribution is -2.48. The van der Waals surface area contributed by atoms with Crippen LogP contribution in [0.5, 0.6) is 0 Å². The second kappa shape index (κ2) is 11.4. The van der Waals surface area contributed by atoms with E-state index in [0.29, 0.717) is 36.6 Å². The molecule has 38 heavy (non-hydrogen) atoms. The first-order valence-electron chi connectivity index (χ1n) is 13.2. The molecular weight excluding hydrogens is 504 g/mol. The number of rotatable bonds is 8. The fourth-order valence-corrected chi connectivity index (χ4v) is 6.10. The van der Waals surface area contributed by atoms with Gasteiger partial charge in [0.2, 0.25) is 0 Å². The fraction of sp³-hybridized carbons (Fsp3) is 0.344. The molecule has 0 saturated carbocycles. The number of likely N-dealkylation sites (tertiary alicyclic amines) is 1. The molecule has 3 aromatic carbocycles. The number of fused-ring (bicyclic) bond motifs is 1. The number of carboxylic acids is 1. The summed E-state index contributed by atoms with van der Waals surface area (Å²) in [6.45, 7) is 3.66. The molecule has 0 bridgehead atoms. The number of aromatic carboxylic acids is 1. The van der Waals surface area contributed by atoms with Gasteiger partial charge in [-0.25, -0.2) is 9.18 Å². The molecule has 1 atom stereocenters. The number of carbonyl (C=O) groups is 1. The molecule has 1 unspecified atom stereocenters. The van der Waals surface area contributed by atoms with Crippen LogP contribution >= 0.6 is 11.6 Å². The van der Waals surface area contributed by atoms with Crippen molar-refractivity contribution in [3.8, 4) is 0 Å². The third kappa shape index (κ3) is 5.41. The minimum absolute atomic E-state index is 0.0744. The minimum Gasteiger partial charge on any atom is -0.478 e. The van der Waals surface area contributed by atoms with Gasteiger partial charge in [0.05, 0.1) is 12.2 Å². The molecule has 198 valence electrons. The van der Waals surface area contributed by atoms with Crippen LogP contribution in [0.3, 0.4) is 0 Å². The standard InChI is InChI=1S/C32H32ClF2NO2/c1-20-6-12-27(29(33)16-20)28-5-2-4-23-17-24(32(37)38)11-13-26(23)30(28)21-7-9-22(10-8-21)31(35)25-18-36(19-25)15-3-14-34/h6-13,16-17,25,31H,2-5,14-15,18-19H2,1H3,(H,37,38). The van der Waals surface area contributed by atoms with Gasteiger partial charge in [-0.2, -0.15) is 0 Å². The lowest BCUT2D eigenvalue weighted by Gasteiger charge is -2.41. The van der Waals surface area contributed by atoms with Gasteiger partial charge in [0.15, 0.2) is 0 Å². The van der Waals surface area contributed by atoms with Crippen LogP contribution in [0.25, 0.3) is 11.1 Å². The first-order valence-corrected chi connectivity index (χ1v) is 13.6. The van der Waals surface area contributed by atoms with Gasteiger partial charge in [-0.1, -0.05) is 54.1 Å². The quantitative estimate of drug-likeness (QED) is 0.318. The van der Waals surface area contributed by atoms with Gasteiger partial charge in [-0.15, -0.1) is 0 Å². The number of allylic oxidation sites excluding steroid dienone is 1. The number of alkyl halides is 2. The maximum atomic E-state index is 15.3. The Balaban J connectivity index is 1.53. The van der Waals surface area contributed by atoms with E-state index in [1.165, 1.54) is 0 Å². The molecule has 3 aromatic rings. The molecule has 0 radical (unpaired) electrons. The van der Waals surface area contributed by atoms with Crippen LogP contribution in [-0.4, -0.2) is 42.3 Å². The zero-order chi connectivity index (χ0) is 26.8. The first-order chi connectivity index (χ1) is 18.4. The van der Waals surface area contributed by atoms with Crippen molar-refractivity contribution in [1.29, 1.82) is 0 Å². The van der Waals surface area contributed by atoms with Crippen molar-refractivity contribution < 1.29 is 18.7 Å². The minimum atomic E-state index is -1.06. The van der Waals surface area contributed by atoms with Crippen molar-refractivity contribution in [3.63, 3.8) is 0 Å². The molecule has 1 aliphatic carbocycles. The van der Waals surface area contributed by atoms with Crippen molar-refractivity contribution in [1.82, 2.24) is 4.90 Å². The molecule has 1 saturated heterocycles. The largest absolute Gasteiger partial charge is 0.478 e. The third-order valence-corrected chi connectivity index (χ3v) is 8.08. The molecule has 0 aromatic heterocycles. The zero-order valence-corrected chi connectivity index (χ0v) is 22.3. The lowest BCUT2D eigenvalue weighted by molar-refractivity contribution is 0.0364. The Kier molecular flexibility index (Phi) is 7.96. The summed E-state index contributed by atoms with van der Waals surface area (Å²) in [5.41, 5.74) is 8.05. The summed E-state index contributed by atoms with van der Waals surface area (Å²) in [5.74, 6) is -1.02. The average Bonchev–Trinajstić information content (AvgIpc) is 3.07. The third-order valence-electron chi connectivity index (χ3n) is 7.77. The van der Waals surface area contributed by atoms with E-state index in [0.717, 1.165) is 58.2 Å². The Morgan fingerprint density at radius 2 is 1.79 bits per heavy atom. The molecule has 1 fully saturated rings. The number of hydrogen-bond donors (Lipinski definition) is 1. The van der Waals surface area contributed by atoms with E-state index in [-0.39, 0.29) is 18.2 Å². The lowest BCUT2D eigenvalue weighted by atomic mass is 9.85. The Morgan fingerprint density at radius 3 is 2.47 bits per heavy atom. The Hall–Kier alpha value is -3.02. The SMILES string of the molecule is Cc1ccc(C2=C(c3ccc(C(F)C4CN(CCCF)C4)cc3)c3ccc(C(=O)O)cc3CCC2)c(Cl)c1.